The van der Waals surface area contributed by atoms with Gasteiger partial charge < -0.3 is 9.13 Å². The molecule has 0 aromatic heterocycles. The topological polar surface area (TPSA) is 34.1 Å². The van der Waals surface area contributed by atoms with E-state index in [1.807, 2.05) is 123 Å². The van der Waals surface area contributed by atoms with Gasteiger partial charge in [0.1, 0.15) is 0 Å². The van der Waals surface area contributed by atoms with Crippen molar-refractivity contribution < 1.29 is 9.13 Å². The van der Waals surface area contributed by atoms with Gasteiger partial charge in [-0.25, -0.2) is 0 Å². The minimum Gasteiger partial charge on any atom is -0.309 e. The molecule has 1 aliphatic carbocycles. The molecule has 12 rings (SSSR count). The average molecular weight is 1040 g/mol. The third-order valence-corrected chi connectivity index (χ3v) is 21.8. The van der Waals surface area contributed by atoms with Crippen molar-refractivity contribution in [2.24, 2.45) is 0 Å². The van der Waals surface area contributed by atoms with Crippen molar-refractivity contribution in [2.75, 3.05) is 0 Å². The maximum atomic E-state index is 15.4. The zero-order valence-corrected chi connectivity index (χ0v) is 45.6. The van der Waals surface area contributed by atoms with Crippen LogP contribution in [-0.2, 0) is 15.6 Å². The first-order chi connectivity index (χ1) is 38.3. The second kappa shape index (κ2) is 21.8. The highest BCUT2D eigenvalue weighted by molar-refractivity contribution is 7.85. The number of allylic oxidation sites excluding steroid dienone is 5. The van der Waals surface area contributed by atoms with Crippen LogP contribution >= 0.6 is 14.3 Å². The standard InChI is InChI=1S/C74H58O2P2/c1-3-4-20-53(2)77(75,64-25-14-7-15-26-64)67-45-39-58(40-46-67)62-43-49-69-71(51-62)73(60-35-31-56(32-36-60)54-21-10-5-11-22-54)70-50-44-63(52-72(70)74(69)61-37-33-57(34-38-61)55-23-12-6-13-24-55)59-41-47-68(48-42-59)78(76,65-27-16-8-17-28-65)66-29-18-9-19-30-66/h3-51,63H,52H2,1-2H3/b4-3-,53-20+. The lowest BCUT2D eigenvalue weighted by molar-refractivity contribution is 0.590. The first-order valence-corrected chi connectivity index (χ1v) is 30.2. The van der Waals surface area contributed by atoms with Crippen molar-refractivity contribution in [1.82, 2.24) is 0 Å². The van der Waals surface area contributed by atoms with Crippen molar-refractivity contribution in [1.29, 1.82) is 0 Å². The molecule has 1 aliphatic rings. The van der Waals surface area contributed by atoms with E-state index in [4.69, 9.17) is 0 Å². The van der Waals surface area contributed by atoms with E-state index in [1.165, 1.54) is 55.5 Å². The van der Waals surface area contributed by atoms with Gasteiger partial charge in [0.2, 0.25) is 0 Å². The largest absolute Gasteiger partial charge is 0.309 e. The van der Waals surface area contributed by atoms with Gasteiger partial charge in [-0.3, -0.25) is 0 Å². The maximum absolute atomic E-state index is 15.4. The molecule has 2 unspecified atom stereocenters. The molecule has 0 heterocycles. The molecule has 376 valence electrons. The van der Waals surface area contributed by atoms with Crippen LogP contribution in [0.25, 0.3) is 72.5 Å². The van der Waals surface area contributed by atoms with E-state index < -0.39 is 14.3 Å². The Labute approximate surface area is 459 Å². The Balaban J connectivity index is 1.02. The lowest BCUT2D eigenvalue weighted by Crippen LogP contribution is -2.25. The van der Waals surface area contributed by atoms with Crippen LogP contribution in [0.2, 0.25) is 0 Å². The minimum atomic E-state index is -3.15. The first kappa shape index (κ1) is 50.2. The second-order valence-corrected chi connectivity index (χ2v) is 25.9. The van der Waals surface area contributed by atoms with Gasteiger partial charge in [-0.05, 0) is 115 Å². The highest BCUT2D eigenvalue weighted by Gasteiger charge is 2.32. The molecule has 0 fully saturated rings. The molecule has 2 nitrogen and oxygen atoms in total. The third-order valence-electron chi connectivity index (χ3n) is 15.6. The van der Waals surface area contributed by atoms with Crippen LogP contribution in [0.5, 0.6) is 0 Å². The fourth-order valence-electron chi connectivity index (χ4n) is 11.5. The van der Waals surface area contributed by atoms with Gasteiger partial charge in [0.15, 0.2) is 14.3 Å². The van der Waals surface area contributed by atoms with Gasteiger partial charge in [-0.1, -0.05) is 291 Å². The molecule has 0 saturated heterocycles. The number of rotatable bonds is 13. The number of fused-ring (bicyclic) bond motifs is 2. The van der Waals surface area contributed by atoms with E-state index in [-0.39, 0.29) is 5.92 Å². The fraction of sp³-hybridized carbons (Fsp3) is 0.0541. The Hall–Kier alpha value is -8.64. The minimum absolute atomic E-state index is 0.0635. The summed E-state index contributed by atoms with van der Waals surface area (Å²) >= 11 is 0. The van der Waals surface area contributed by atoms with Crippen molar-refractivity contribution in [3.63, 3.8) is 0 Å². The molecule has 11 aromatic rings. The van der Waals surface area contributed by atoms with Crippen LogP contribution in [0.15, 0.2) is 297 Å². The van der Waals surface area contributed by atoms with E-state index >= 15 is 9.13 Å². The van der Waals surface area contributed by atoms with Crippen molar-refractivity contribution in [3.05, 3.63) is 313 Å². The molecule has 78 heavy (non-hydrogen) atoms. The zero-order chi connectivity index (χ0) is 53.1. The Bertz CT molecular complexity index is 4070. The van der Waals surface area contributed by atoms with Crippen molar-refractivity contribution in [3.8, 4) is 55.6 Å². The Morgan fingerprint density at radius 1 is 0.410 bits per heavy atom. The van der Waals surface area contributed by atoms with Crippen molar-refractivity contribution >= 4 is 57.7 Å². The molecule has 0 aliphatic heterocycles. The van der Waals surface area contributed by atoms with Gasteiger partial charge >= 0.3 is 0 Å². The van der Waals surface area contributed by atoms with E-state index in [0.717, 1.165) is 65.9 Å². The fourth-order valence-corrected chi connectivity index (χ4v) is 16.7. The highest BCUT2D eigenvalue weighted by atomic mass is 31.2. The summed E-state index contributed by atoms with van der Waals surface area (Å²) in [6.07, 6.45) is 11.4. The number of hydrogen-bond acceptors (Lipinski definition) is 2. The summed E-state index contributed by atoms with van der Waals surface area (Å²) in [5.41, 5.74) is 15.2. The first-order valence-electron chi connectivity index (χ1n) is 26.8. The summed E-state index contributed by atoms with van der Waals surface area (Å²) in [7, 11) is -6.27. The zero-order valence-electron chi connectivity index (χ0n) is 43.8. The van der Waals surface area contributed by atoms with Gasteiger partial charge in [0.25, 0.3) is 0 Å². The van der Waals surface area contributed by atoms with Crippen LogP contribution in [0.3, 0.4) is 0 Å². The highest BCUT2D eigenvalue weighted by Crippen LogP contribution is 2.52. The number of hydrogen-bond donors (Lipinski definition) is 0. The molecule has 0 amide bonds. The molecule has 0 N–H and O–H groups in total. The monoisotopic (exact) mass is 1040 g/mol. The Kier molecular flexibility index (Phi) is 14.0. The van der Waals surface area contributed by atoms with E-state index in [9.17, 15) is 0 Å². The molecule has 0 radical (unpaired) electrons. The Morgan fingerprint density at radius 3 is 1.33 bits per heavy atom. The van der Waals surface area contributed by atoms with Crippen LogP contribution < -0.4 is 26.5 Å². The predicted octanol–water partition coefficient (Wildman–Crippen LogP) is 18.0. The SMILES string of the molecule is C/C=C\C=C(/C)P(=O)(c1ccccc1)c1ccc(-c2ccc3c(-c4ccc(-c5ccccc5)cc4)c4c(c(-c5ccc(-c6ccccc6)cc5)c3c2)C=CC(c2ccc(P(=O)(c3ccccc3)c3ccccc3)cc2)C4)cc1. The van der Waals surface area contributed by atoms with E-state index in [0.29, 0.717) is 0 Å². The molecule has 0 bridgehead atoms. The number of benzene rings is 11. The summed E-state index contributed by atoms with van der Waals surface area (Å²) in [5, 5.41) is 7.28. The van der Waals surface area contributed by atoms with Crippen molar-refractivity contribution in [2.45, 2.75) is 26.2 Å². The van der Waals surface area contributed by atoms with Crippen LogP contribution in [0, 0.1) is 0 Å². The van der Waals surface area contributed by atoms with Gasteiger partial charge in [0, 0.05) is 32.4 Å². The molecule has 2 atom stereocenters. The molecule has 0 saturated carbocycles. The summed E-state index contributed by atoms with van der Waals surface area (Å²) < 4.78 is 30.8. The van der Waals surface area contributed by atoms with E-state index in [1.54, 1.807) is 0 Å². The maximum Gasteiger partial charge on any atom is 0.171 e. The smallest absolute Gasteiger partial charge is 0.171 e. The molecule has 0 spiro atoms. The summed E-state index contributed by atoms with van der Waals surface area (Å²) in [6.45, 7) is 3.96. The average Bonchev–Trinajstić information content (AvgIpc) is 3.59. The van der Waals surface area contributed by atoms with Crippen LogP contribution in [0.4, 0.5) is 0 Å². The molecule has 11 aromatic carbocycles. The predicted molar refractivity (Wildman–Crippen MR) is 334 cm³/mol. The second-order valence-electron chi connectivity index (χ2n) is 20.2. The normalized spacial score (nSPS) is 14.3. The van der Waals surface area contributed by atoms with Gasteiger partial charge in [0.05, 0.1) is 0 Å². The third kappa shape index (κ3) is 9.43. The lowest BCUT2D eigenvalue weighted by atomic mass is 9.76. The van der Waals surface area contributed by atoms with Gasteiger partial charge in [-0.15, -0.1) is 0 Å². The Morgan fingerprint density at radius 2 is 0.808 bits per heavy atom. The van der Waals surface area contributed by atoms with Gasteiger partial charge in [-0.2, -0.15) is 0 Å². The molecule has 4 heteroatoms. The quantitative estimate of drug-likeness (QED) is 0.0852. The summed E-state index contributed by atoms with van der Waals surface area (Å²) in [4.78, 5) is 0. The lowest BCUT2D eigenvalue weighted by Gasteiger charge is -2.28. The summed E-state index contributed by atoms with van der Waals surface area (Å²) in [5.74, 6) is 0.0635. The molecular weight excluding hydrogens is 983 g/mol. The summed E-state index contributed by atoms with van der Waals surface area (Å²) in [6, 6.07) is 93.0. The molecular formula is C74H58O2P2. The van der Waals surface area contributed by atoms with E-state index in [2.05, 4.69) is 188 Å². The van der Waals surface area contributed by atoms with Crippen LogP contribution in [-0.4, -0.2) is 0 Å². The van der Waals surface area contributed by atoms with Crippen LogP contribution in [0.1, 0.15) is 36.5 Å².